The average molecular weight is 516 g/mol. The second-order valence-corrected chi connectivity index (χ2v) is 10.7. The van der Waals surface area contributed by atoms with Gasteiger partial charge in [0.05, 0.1) is 13.5 Å². The minimum atomic E-state index is -0.348. The minimum absolute atomic E-state index is 0.102. The van der Waals surface area contributed by atoms with Crippen LogP contribution in [0.4, 0.5) is 0 Å². The van der Waals surface area contributed by atoms with Crippen molar-refractivity contribution in [1.29, 1.82) is 0 Å². The van der Waals surface area contributed by atoms with Crippen LogP contribution in [-0.2, 0) is 14.9 Å². The van der Waals surface area contributed by atoms with Gasteiger partial charge in [0.25, 0.3) is 5.91 Å². The number of hydrogen-bond acceptors (Lipinski definition) is 4. The van der Waals surface area contributed by atoms with Crippen LogP contribution in [-0.4, -0.2) is 25.5 Å². The molecule has 0 radical (unpaired) electrons. The Bertz CT molecular complexity index is 1160. The third kappa shape index (κ3) is 8.47. The Morgan fingerprint density at radius 1 is 0.842 bits per heavy atom. The van der Waals surface area contributed by atoms with Gasteiger partial charge >= 0.3 is 5.97 Å². The van der Waals surface area contributed by atoms with E-state index in [9.17, 15) is 9.59 Å². The highest BCUT2D eigenvalue weighted by Gasteiger charge is 2.16. The van der Waals surface area contributed by atoms with Gasteiger partial charge in [-0.15, -0.1) is 0 Å². The maximum absolute atomic E-state index is 12.4. The molecule has 1 unspecified atom stereocenters. The van der Waals surface area contributed by atoms with E-state index >= 15 is 0 Å². The number of amides is 1. The standard InChI is InChI=1S/C33H41NO4/c1-6-7-8-9-30(26-10-12-27(13-11-26)32(36)34-23-22-31(35)37-5)38-29-20-16-25(17-21-29)24-14-18-28(19-15-24)33(2,3)4/h10-21,30H,6-9,22-23H2,1-5H3,(H,34,36). The molecule has 1 amide bonds. The van der Waals surface area contributed by atoms with Gasteiger partial charge in [0.15, 0.2) is 0 Å². The first-order valence-corrected chi connectivity index (χ1v) is 13.5. The highest BCUT2D eigenvalue weighted by atomic mass is 16.5. The Labute approximate surface area is 227 Å². The summed E-state index contributed by atoms with van der Waals surface area (Å²) < 4.78 is 11.1. The first-order chi connectivity index (χ1) is 18.2. The van der Waals surface area contributed by atoms with Crippen molar-refractivity contribution in [3.8, 4) is 16.9 Å². The van der Waals surface area contributed by atoms with Crippen LogP contribution in [0.3, 0.4) is 0 Å². The first kappa shape index (κ1) is 29.0. The number of carbonyl (C=O) groups is 2. The van der Waals surface area contributed by atoms with Gasteiger partial charge in [0.1, 0.15) is 11.9 Å². The van der Waals surface area contributed by atoms with E-state index in [0.29, 0.717) is 5.56 Å². The van der Waals surface area contributed by atoms with E-state index < -0.39 is 0 Å². The molecule has 0 heterocycles. The molecule has 3 rings (SSSR count). The lowest BCUT2D eigenvalue weighted by atomic mass is 9.86. The minimum Gasteiger partial charge on any atom is -0.486 e. The summed E-state index contributed by atoms with van der Waals surface area (Å²) in [6.07, 6.45) is 4.29. The summed E-state index contributed by atoms with van der Waals surface area (Å²) in [4.78, 5) is 23.7. The molecular formula is C33H41NO4. The summed E-state index contributed by atoms with van der Waals surface area (Å²) >= 11 is 0. The van der Waals surface area contributed by atoms with Crippen LogP contribution >= 0.6 is 0 Å². The largest absolute Gasteiger partial charge is 0.486 e. The highest BCUT2D eigenvalue weighted by molar-refractivity contribution is 5.94. The summed E-state index contributed by atoms with van der Waals surface area (Å²) in [6, 6.07) is 24.6. The molecule has 3 aromatic carbocycles. The van der Waals surface area contributed by atoms with Crippen LogP contribution in [0, 0.1) is 0 Å². The zero-order valence-electron chi connectivity index (χ0n) is 23.4. The molecule has 0 aliphatic carbocycles. The summed E-state index contributed by atoms with van der Waals surface area (Å²) in [7, 11) is 1.34. The van der Waals surface area contributed by atoms with Crippen molar-refractivity contribution in [2.24, 2.45) is 0 Å². The molecule has 202 valence electrons. The Hall–Kier alpha value is -3.60. The number of ether oxygens (including phenoxy) is 2. The number of benzene rings is 3. The number of rotatable bonds is 12. The fourth-order valence-corrected chi connectivity index (χ4v) is 4.26. The summed E-state index contributed by atoms with van der Waals surface area (Å²) in [5.74, 6) is 0.264. The maximum Gasteiger partial charge on any atom is 0.307 e. The number of hydrogen-bond donors (Lipinski definition) is 1. The van der Waals surface area contributed by atoms with E-state index in [0.717, 1.165) is 42.6 Å². The SMILES string of the molecule is CCCCCC(Oc1ccc(-c2ccc(C(C)(C)C)cc2)cc1)c1ccc(C(=O)NCCC(=O)OC)cc1. The summed E-state index contributed by atoms with van der Waals surface area (Å²) in [5.41, 5.74) is 5.38. The summed E-state index contributed by atoms with van der Waals surface area (Å²) in [6.45, 7) is 9.10. The Morgan fingerprint density at radius 2 is 1.45 bits per heavy atom. The Morgan fingerprint density at radius 3 is 2.00 bits per heavy atom. The van der Waals surface area contributed by atoms with Crippen molar-refractivity contribution in [3.63, 3.8) is 0 Å². The number of carbonyl (C=O) groups excluding carboxylic acids is 2. The molecule has 1 atom stereocenters. The van der Waals surface area contributed by atoms with Crippen molar-refractivity contribution in [3.05, 3.63) is 89.5 Å². The Balaban J connectivity index is 1.68. The van der Waals surface area contributed by atoms with E-state index in [2.05, 4.69) is 74.1 Å². The lowest BCUT2D eigenvalue weighted by molar-refractivity contribution is -0.140. The number of esters is 1. The van der Waals surface area contributed by atoms with Gasteiger partial charge in [-0.25, -0.2) is 0 Å². The van der Waals surface area contributed by atoms with E-state index in [1.165, 1.54) is 18.2 Å². The molecule has 5 nitrogen and oxygen atoms in total. The van der Waals surface area contributed by atoms with Crippen LogP contribution in [0.2, 0.25) is 0 Å². The van der Waals surface area contributed by atoms with Crippen LogP contribution < -0.4 is 10.1 Å². The van der Waals surface area contributed by atoms with Crippen molar-refractivity contribution in [1.82, 2.24) is 5.32 Å². The van der Waals surface area contributed by atoms with Gasteiger partial charge in [-0.2, -0.15) is 0 Å². The van der Waals surface area contributed by atoms with Gasteiger partial charge in [-0.3, -0.25) is 9.59 Å². The van der Waals surface area contributed by atoms with Crippen molar-refractivity contribution >= 4 is 11.9 Å². The normalized spacial score (nSPS) is 12.0. The van der Waals surface area contributed by atoms with E-state index in [1.54, 1.807) is 0 Å². The van der Waals surface area contributed by atoms with Crippen LogP contribution in [0.5, 0.6) is 5.75 Å². The van der Waals surface area contributed by atoms with Crippen molar-refractivity contribution in [2.45, 2.75) is 71.3 Å². The third-order valence-electron chi connectivity index (χ3n) is 6.67. The highest BCUT2D eigenvalue weighted by Crippen LogP contribution is 2.30. The monoisotopic (exact) mass is 515 g/mol. The lowest BCUT2D eigenvalue weighted by Gasteiger charge is -2.21. The van der Waals surface area contributed by atoms with Gasteiger partial charge in [-0.1, -0.05) is 89.1 Å². The molecule has 0 aromatic heterocycles. The van der Waals surface area contributed by atoms with Gasteiger partial charge in [0, 0.05) is 12.1 Å². The zero-order chi connectivity index (χ0) is 27.5. The number of unbranched alkanes of at least 4 members (excludes halogenated alkanes) is 2. The predicted molar refractivity (Wildman–Crippen MR) is 153 cm³/mol. The summed E-state index contributed by atoms with van der Waals surface area (Å²) in [5, 5.41) is 2.75. The smallest absolute Gasteiger partial charge is 0.307 e. The molecule has 1 N–H and O–H groups in total. The van der Waals surface area contributed by atoms with E-state index in [-0.39, 0.29) is 36.4 Å². The number of nitrogens with one attached hydrogen (secondary N) is 1. The lowest BCUT2D eigenvalue weighted by Crippen LogP contribution is -2.26. The quantitative estimate of drug-likeness (QED) is 0.199. The van der Waals surface area contributed by atoms with E-state index in [1.807, 2.05) is 36.4 Å². The number of methoxy groups -OCH3 is 1. The molecule has 38 heavy (non-hydrogen) atoms. The van der Waals surface area contributed by atoms with Crippen LogP contribution in [0.1, 0.15) is 87.4 Å². The predicted octanol–water partition coefficient (Wildman–Crippen LogP) is 7.64. The molecule has 0 fully saturated rings. The van der Waals surface area contributed by atoms with Crippen molar-refractivity contribution < 1.29 is 19.1 Å². The zero-order valence-corrected chi connectivity index (χ0v) is 23.4. The fourth-order valence-electron chi connectivity index (χ4n) is 4.26. The molecular weight excluding hydrogens is 474 g/mol. The third-order valence-corrected chi connectivity index (χ3v) is 6.67. The molecule has 3 aromatic rings. The van der Waals surface area contributed by atoms with Gasteiger partial charge in [-0.05, 0) is 64.8 Å². The topological polar surface area (TPSA) is 64.6 Å². The average Bonchev–Trinajstić information content (AvgIpc) is 2.92. The second-order valence-electron chi connectivity index (χ2n) is 10.7. The molecule has 0 saturated carbocycles. The molecule has 0 bridgehead atoms. The van der Waals surface area contributed by atoms with Crippen LogP contribution in [0.25, 0.3) is 11.1 Å². The fraction of sp³-hybridized carbons (Fsp3) is 0.394. The first-order valence-electron chi connectivity index (χ1n) is 13.5. The maximum atomic E-state index is 12.4. The molecule has 5 heteroatoms. The second kappa shape index (κ2) is 13.8. The Kier molecular flexibility index (Phi) is 10.5. The molecule has 0 aliphatic heterocycles. The van der Waals surface area contributed by atoms with Crippen molar-refractivity contribution in [2.75, 3.05) is 13.7 Å². The molecule has 0 saturated heterocycles. The van der Waals surface area contributed by atoms with Gasteiger partial charge < -0.3 is 14.8 Å². The van der Waals surface area contributed by atoms with Crippen LogP contribution in [0.15, 0.2) is 72.8 Å². The van der Waals surface area contributed by atoms with E-state index in [4.69, 9.17) is 4.74 Å². The van der Waals surface area contributed by atoms with Gasteiger partial charge in [0.2, 0.25) is 0 Å². The molecule has 0 aliphatic rings. The molecule has 0 spiro atoms.